The maximum atomic E-state index is 8.98. The molecule has 0 spiro atoms. The Morgan fingerprint density at radius 2 is 2.07 bits per heavy atom. The van der Waals surface area contributed by atoms with Gasteiger partial charge in [0, 0.05) is 22.6 Å². The highest BCUT2D eigenvalue weighted by atomic mass is 79.9. The monoisotopic (exact) mass is 253 g/mol. The van der Waals surface area contributed by atoms with Gasteiger partial charge in [-0.25, -0.2) is 0 Å². The average Bonchev–Trinajstić information content (AvgIpc) is 2.67. The quantitative estimate of drug-likeness (QED) is 0.846. The van der Waals surface area contributed by atoms with Crippen LogP contribution < -0.4 is 5.32 Å². The summed E-state index contributed by atoms with van der Waals surface area (Å²) in [6, 6.07) is 8.15. The number of rotatable bonds is 2. The Morgan fingerprint density at radius 3 is 2.64 bits per heavy atom. The molecule has 0 fully saturated rings. The first-order chi connectivity index (χ1) is 6.79. The molecule has 3 heteroatoms. The molecule has 1 aromatic carbocycles. The van der Waals surface area contributed by atoms with Crippen LogP contribution in [-0.4, -0.2) is 18.3 Å². The normalized spacial score (nSPS) is 20.4. The summed E-state index contributed by atoms with van der Waals surface area (Å²) in [5, 5.41) is 12.3. The minimum Gasteiger partial charge on any atom is -0.396 e. The third kappa shape index (κ3) is 1.99. The Kier molecular flexibility index (Phi) is 2.89. The van der Waals surface area contributed by atoms with Gasteiger partial charge in [-0.15, -0.1) is 0 Å². The number of aliphatic hydroxyl groups is 1. The molecule has 0 radical (unpaired) electrons. The van der Waals surface area contributed by atoms with E-state index in [4.69, 9.17) is 5.11 Å². The van der Waals surface area contributed by atoms with E-state index in [2.05, 4.69) is 39.5 Å². The maximum Gasteiger partial charge on any atom is 0.0511 e. The zero-order chi connectivity index (χ0) is 9.97. The second kappa shape index (κ2) is 4.15. The van der Waals surface area contributed by atoms with E-state index in [9.17, 15) is 0 Å². The van der Waals surface area contributed by atoms with Gasteiger partial charge >= 0.3 is 0 Å². The summed E-state index contributed by atoms with van der Waals surface area (Å²) in [5.74, 6) is 0.258. The second-order valence-electron chi connectivity index (χ2n) is 3.41. The van der Waals surface area contributed by atoms with Gasteiger partial charge in [-0.3, -0.25) is 0 Å². The molecule has 2 nitrogen and oxygen atoms in total. The van der Waals surface area contributed by atoms with Gasteiger partial charge in [-0.05, 0) is 17.7 Å². The van der Waals surface area contributed by atoms with Crippen LogP contribution in [0.1, 0.15) is 5.56 Å². The summed E-state index contributed by atoms with van der Waals surface area (Å²) < 4.78 is 1.08. The maximum absolute atomic E-state index is 8.98. The molecule has 0 unspecified atom stereocenters. The summed E-state index contributed by atoms with van der Waals surface area (Å²) >= 11 is 3.40. The predicted molar refractivity (Wildman–Crippen MR) is 60.7 cm³/mol. The Hall–Kier alpha value is -0.800. The van der Waals surface area contributed by atoms with Crippen LogP contribution in [0.15, 0.2) is 34.8 Å². The van der Waals surface area contributed by atoms with Crippen molar-refractivity contribution >= 4 is 21.6 Å². The number of hydrogen-bond acceptors (Lipinski definition) is 2. The molecule has 74 valence electrons. The highest BCUT2D eigenvalue weighted by Gasteiger charge is 2.14. The summed E-state index contributed by atoms with van der Waals surface area (Å²) in [7, 11) is 0. The van der Waals surface area contributed by atoms with Gasteiger partial charge in [0.25, 0.3) is 0 Å². The van der Waals surface area contributed by atoms with Gasteiger partial charge in [0.1, 0.15) is 0 Å². The summed E-state index contributed by atoms with van der Waals surface area (Å²) in [6.45, 7) is 1.05. The molecule has 1 aliphatic heterocycles. The molecule has 0 amide bonds. The molecule has 1 atom stereocenters. The summed E-state index contributed by atoms with van der Waals surface area (Å²) in [4.78, 5) is 0. The lowest BCUT2D eigenvalue weighted by Crippen LogP contribution is -2.13. The number of nitrogens with one attached hydrogen (secondary N) is 1. The molecule has 0 aromatic heterocycles. The van der Waals surface area contributed by atoms with Gasteiger partial charge in [-0.2, -0.15) is 0 Å². The van der Waals surface area contributed by atoms with Gasteiger partial charge in [0.2, 0.25) is 0 Å². The molecule has 0 bridgehead atoms. The van der Waals surface area contributed by atoms with Crippen LogP contribution in [0, 0.1) is 5.92 Å². The first kappa shape index (κ1) is 9.74. The first-order valence-electron chi connectivity index (χ1n) is 4.62. The van der Waals surface area contributed by atoms with E-state index in [1.807, 2.05) is 12.1 Å². The topological polar surface area (TPSA) is 32.3 Å². The molecule has 1 aromatic rings. The molecular formula is C11H12BrNO. The lowest BCUT2D eigenvalue weighted by atomic mass is 10.1. The lowest BCUT2D eigenvalue weighted by molar-refractivity contribution is 0.257. The van der Waals surface area contributed by atoms with E-state index in [0.29, 0.717) is 0 Å². The Morgan fingerprint density at radius 1 is 1.36 bits per heavy atom. The predicted octanol–water partition coefficient (Wildman–Crippen LogP) is 2.00. The van der Waals surface area contributed by atoms with Crippen molar-refractivity contribution in [2.24, 2.45) is 5.92 Å². The van der Waals surface area contributed by atoms with Crippen LogP contribution in [0.4, 0.5) is 0 Å². The third-order valence-corrected chi connectivity index (χ3v) is 2.88. The van der Waals surface area contributed by atoms with Crippen molar-refractivity contribution in [1.82, 2.24) is 5.32 Å². The van der Waals surface area contributed by atoms with Crippen LogP contribution >= 0.6 is 15.9 Å². The van der Waals surface area contributed by atoms with Crippen molar-refractivity contribution in [3.8, 4) is 0 Å². The van der Waals surface area contributed by atoms with Crippen LogP contribution in [-0.2, 0) is 0 Å². The van der Waals surface area contributed by atoms with Crippen LogP contribution in [0.3, 0.4) is 0 Å². The molecule has 14 heavy (non-hydrogen) atoms. The van der Waals surface area contributed by atoms with Gasteiger partial charge in [0.05, 0.1) is 6.61 Å². The molecule has 0 saturated carbocycles. The van der Waals surface area contributed by atoms with Crippen molar-refractivity contribution in [1.29, 1.82) is 0 Å². The number of hydrogen-bond donors (Lipinski definition) is 2. The van der Waals surface area contributed by atoms with Crippen LogP contribution in [0.25, 0.3) is 5.70 Å². The average molecular weight is 254 g/mol. The Balaban J connectivity index is 2.20. The first-order valence-corrected chi connectivity index (χ1v) is 5.41. The fraction of sp³-hybridized carbons (Fsp3) is 0.273. The van der Waals surface area contributed by atoms with E-state index >= 15 is 0 Å². The Labute approximate surface area is 91.8 Å². The van der Waals surface area contributed by atoms with Gasteiger partial charge in [-0.1, -0.05) is 34.1 Å². The summed E-state index contributed by atoms with van der Waals surface area (Å²) in [5.41, 5.74) is 2.29. The Bertz CT molecular complexity index is 345. The number of aliphatic hydroxyl groups excluding tert-OH is 1. The van der Waals surface area contributed by atoms with Crippen molar-refractivity contribution in [2.75, 3.05) is 13.2 Å². The fourth-order valence-corrected chi connectivity index (χ4v) is 1.80. The second-order valence-corrected chi connectivity index (χ2v) is 4.33. The van der Waals surface area contributed by atoms with Crippen molar-refractivity contribution in [2.45, 2.75) is 0 Å². The fourth-order valence-electron chi connectivity index (χ4n) is 1.54. The molecule has 2 rings (SSSR count). The van der Waals surface area contributed by atoms with Crippen LogP contribution in [0.5, 0.6) is 0 Å². The van der Waals surface area contributed by atoms with E-state index in [1.165, 1.54) is 5.56 Å². The molecule has 0 saturated heterocycles. The minimum absolute atomic E-state index is 0.215. The van der Waals surface area contributed by atoms with E-state index < -0.39 is 0 Å². The highest BCUT2D eigenvalue weighted by Crippen LogP contribution is 2.21. The molecule has 1 heterocycles. The highest BCUT2D eigenvalue weighted by molar-refractivity contribution is 9.10. The van der Waals surface area contributed by atoms with Crippen molar-refractivity contribution in [3.63, 3.8) is 0 Å². The van der Waals surface area contributed by atoms with Crippen molar-refractivity contribution in [3.05, 3.63) is 40.4 Å². The zero-order valence-electron chi connectivity index (χ0n) is 7.70. The molecule has 0 aliphatic carbocycles. The lowest BCUT2D eigenvalue weighted by Gasteiger charge is -2.03. The zero-order valence-corrected chi connectivity index (χ0v) is 9.29. The summed E-state index contributed by atoms with van der Waals surface area (Å²) in [6.07, 6.45) is 2.09. The largest absolute Gasteiger partial charge is 0.396 e. The van der Waals surface area contributed by atoms with E-state index in [0.717, 1.165) is 16.7 Å². The SMILES string of the molecule is OC[C@H]1C=C(c2ccc(Br)cc2)NC1. The van der Waals surface area contributed by atoms with Gasteiger partial charge < -0.3 is 10.4 Å². The molecule has 1 aliphatic rings. The minimum atomic E-state index is 0.215. The van der Waals surface area contributed by atoms with E-state index in [1.54, 1.807) is 0 Å². The third-order valence-electron chi connectivity index (χ3n) is 2.35. The number of benzene rings is 1. The van der Waals surface area contributed by atoms with E-state index in [-0.39, 0.29) is 12.5 Å². The van der Waals surface area contributed by atoms with Crippen molar-refractivity contribution < 1.29 is 5.11 Å². The van der Waals surface area contributed by atoms with Gasteiger partial charge in [0.15, 0.2) is 0 Å². The standard InChI is InChI=1S/C11H12BrNO/c12-10-3-1-9(2-4-10)11-5-8(7-14)6-13-11/h1-5,8,13-14H,6-7H2/t8-/m0/s1. The number of halogens is 1. The molecular weight excluding hydrogens is 242 g/mol. The molecule has 2 N–H and O–H groups in total. The smallest absolute Gasteiger partial charge is 0.0511 e. The van der Waals surface area contributed by atoms with Crippen LogP contribution in [0.2, 0.25) is 0 Å².